The van der Waals surface area contributed by atoms with Crippen LogP contribution in [0.15, 0.2) is 6.07 Å². The summed E-state index contributed by atoms with van der Waals surface area (Å²) >= 11 is 1.41. The Hall–Kier alpha value is -2.19. The minimum atomic E-state index is -0.439. The Morgan fingerprint density at radius 3 is 2.62 bits per heavy atom. The number of anilines is 1. The highest BCUT2D eigenvalue weighted by Gasteiger charge is 2.19. The summed E-state index contributed by atoms with van der Waals surface area (Å²) in [5.74, 6) is -0.604. The molecule has 0 bridgehead atoms. The fraction of sp³-hybridized carbons (Fsp3) is 0.500. The Bertz CT molecular complexity index is 810. The van der Waals surface area contributed by atoms with E-state index in [-0.39, 0.29) is 12.5 Å². The van der Waals surface area contributed by atoms with E-state index in [9.17, 15) is 9.59 Å². The maximum Gasteiger partial charge on any atom is 0.340 e. The molecule has 0 aliphatic heterocycles. The van der Waals surface area contributed by atoms with Gasteiger partial charge in [-0.25, -0.2) is 4.79 Å². The molecule has 2 aromatic heterocycles. The van der Waals surface area contributed by atoms with Crippen LogP contribution >= 0.6 is 11.3 Å². The molecule has 0 spiro atoms. The third kappa shape index (κ3) is 4.50. The Morgan fingerprint density at radius 1 is 1.38 bits per heavy atom. The number of likely N-dealkylation sites (N-methyl/N-ethyl adjacent to an activating group) is 1. The highest BCUT2D eigenvalue weighted by molar-refractivity contribution is 7.16. The summed E-state index contributed by atoms with van der Waals surface area (Å²) in [6, 6.07) is 1.78. The van der Waals surface area contributed by atoms with Crippen molar-refractivity contribution in [2.24, 2.45) is 7.05 Å². The molecule has 2 rings (SSSR count). The van der Waals surface area contributed by atoms with Crippen LogP contribution in [-0.4, -0.2) is 47.3 Å². The van der Waals surface area contributed by atoms with Crippen LogP contribution in [0.4, 0.5) is 5.00 Å². The van der Waals surface area contributed by atoms with E-state index in [0.29, 0.717) is 17.1 Å². The summed E-state index contributed by atoms with van der Waals surface area (Å²) in [5.41, 5.74) is 3.59. The van der Waals surface area contributed by atoms with Gasteiger partial charge >= 0.3 is 5.97 Å². The smallest absolute Gasteiger partial charge is 0.340 e. The highest BCUT2D eigenvalue weighted by atomic mass is 32.1. The molecule has 0 fully saturated rings. The van der Waals surface area contributed by atoms with Gasteiger partial charge in [-0.3, -0.25) is 14.4 Å². The Kier molecular flexibility index (Phi) is 6.55. The molecule has 7 nitrogen and oxygen atoms in total. The zero-order valence-electron chi connectivity index (χ0n) is 16.2. The van der Waals surface area contributed by atoms with Gasteiger partial charge < -0.3 is 10.1 Å². The summed E-state index contributed by atoms with van der Waals surface area (Å²) in [7, 11) is 5.14. The van der Waals surface area contributed by atoms with Crippen molar-refractivity contribution >= 4 is 28.2 Å². The van der Waals surface area contributed by atoms with E-state index in [2.05, 4.69) is 10.4 Å². The summed E-state index contributed by atoms with van der Waals surface area (Å²) in [6.45, 7) is 6.84. The first-order valence-corrected chi connectivity index (χ1v) is 9.26. The highest BCUT2D eigenvalue weighted by Crippen LogP contribution is 2.29. The second-order valence-electron chi connectivity index (χ2n) is 6.29. The first kappa shape index (κ1) is 20.1. The largest absolute Gasteiger partial charge is 0.465 e. The molecule has 0 radical (unpaired) electrons. The number of esters is 1. The Balaban J connectivity index is 2.04. The number of nitrogens with one attached hydrogen (secondary N) is 1. The van der Waals surface area contributed by atoms with E-state index in [1.807, 2.05) is 44.4 Å². The lowest BCUT2D eigenvalue weighted by Gasteiger charge is -2.16. The summed E-state index contributed by atoms with van der Waals surface area (Å²) < 4.78 is 6.65. The molecule has 2 aromatic rings. The lowest BCUT2D eigenvalue weighted by atomic mass is 10.2. The van der Waals surface area contributed by atoms with E-state index >= 15 is 0 Å². The molecular weight excluding hydrogens is 352 g/mol. The lowest BCUT2D eigenvalue weighted by molar-refractivity contribution is -0.117. The van der Waals surface area contributed by atoms with Crippen LogP contribution in [0, 0.1) is 13.8 Å². The van der Waals surface area contributed by atoms with Crippen molar-refractivity contribution in [1.29, 1.82) is 0 Å². The lowest BCUT2D eigenvalue weighted by Crippen LogP contribution is -2.30. The predicted molar refractivity (Wildman–Crippen MR) is 103 cm³/mol. The molecule has 1 N–H and O–H groups in total. The number of aryl methyl sites for hydroxylation is 3. The second kappa shape index (κ2) is 8.46. The Labute approximate surface area is 157 Å². The zero-order valence-corrected chi connectivity index (χ0v) is 17.0. The number of thiophene rings is 1. The third-order valence-electron chi connectivity index (χ3n) is 4.29. The number of carbonyl (C=O) groups excluding carboxylic acids is 2. The van der Waals surface area contributed by atoms with Gasteiger partial charge in [0.1, 0.15) is 5.00 Å². The molecule has 0 atom stereocenters. The van der Waals surface area contributed by atoms with Gasteiger partial charge in [-0.2, -0.15) is 5.10 Å². The molecule has 0 aromatic carbocycles. The van der Waals surface area contributed by atoms with Crippen LogP contribution in [0.25, 0.3) is 0 Å². The molecule has 142 valence electrons. The van der Waals surface area contributed by atoms with Crippen LogP contribution in [-0.2, 0) is 29.5 Å². The van der Waals surface area contributed by atoms with E-state index in [4.69, 9.17) is 4.74 Å². The number of rotatable bonds is 7. The van der Waals surface area contributed by atoms with Gasteiger partial charge in [0.25, 0.3) is 0 Å². The van der Waals surface area contributed by atoms with Crippen molar-refractivity contribution in [3.8, 4) is 0 Å². The molecule has 0 saturated heterocycles. The van der Waals surface area contributed by atoms with Gasteiger partial charge in [0.15, 0.2) is 0 Å². The van der Waals surface area contributed by atoms with Crippen molar-refractivity contribution in [3.05, 3.63) is 33.5 Å². The topological polar surface area (TPSA) is 76.5 Å². The van der Waals surface area contributed by atoms with Crippen LogP contribution in [0.5, 0.6) is 0 Å². The predicted octanol–water partition coefficient (Wildman–Crippen LogP) is 2.52. The molecule has 0 aliphatic rings. The number of hydrogen-bond donors (Lipinski definition) is 1. The standard InChI is InChI=1S/C18H26N4O3S/c1-7-13-8-14(18(24)25-6)17(26-13)19-16(23)10-21(4)9-15-11(2)20-22(5)12(15)3/h8H,7,9-10H2,1-6H3,(H,19,23). The van der Waals surface area contributed by atoms with E-state index < -0.39 is 5.97 Å². The summed E-state index contributed by atoms with van der Waals surface area (Å²) in [6.07, 6.45) is 0.796. The molecule has 26 heavy (non-hydrogen) atoms. The van der Waals surface area contributed by atoms with Crippen LogP contribution < -0.4 is 5.32 Å². The van der Waals surface area contributed by atoms with Crippen molar-refractivity contribution in [2.75, 3.05) is 26.0 Å². The molecule has 2 heterocycles. The number of hydrogen-bond acceptors (Lipinski definition) is 6. The van der Waals surface area contributed by atoms with E-state index in [0.717, 1.165) is 28.2 Å². The van der Waals surface area contributed by atoms with Gasteiger partial charge in [-0.1, -0.05) is 6.92 Å². The van der Waals surface area contributed by atoms with E-state index in [1.54, 1.807) is 6.07 Å². The number of methoxy groups -OCH3 is 1. The summed E-state index contributed by atoms with van der Waals surface area (Å²) in [5, 5.41) is 7.79. The molecular formula is C18H26N4O3S. The van der Waals surface area contributed by atoms with Crippen molar-refractivity contribution < 1.29 is 14.3 Å². The first-order chi connectivity index (χ1) is 12.3. The summed E-state index contributed by atoms with van der Waals surface area (Å²) in [4.78, 5) is 27.3. The Morgan fingerprint density at radius 2 is 2.08 bits per heavy atom. The average molecular weight is 378 g/mol. The number of aromatic nitrogens is 2. The molecule has 8 heteroatoms. The number of nitrogens with zero attached hydrogens (tertiary/aromatic N) is 3. The van der Waals surface area contributed by atoms with Crippen molar-refractivity contribution in [2.45, 2.75) is 33.7 Å². The quantitative estimate of drug-likeness (QED) is 0.749. The SMILES string of the molecule is CCc1cc(C(=O)OC)c(NC(=O)CN(C)Cc2c(C)nn(C)c2C)s1. The minimum Gasteiger partial charge on any atom is -0.465 e. The zero-order chi connectivity index (χ0) is 19.4. The van der Waals surface area contributed by atoms with Crippen LogP contribution in [0.1, 0.15) is 39.1 Å². The molecule has 0 saturated carbocycles. The number of amides is 1. The average Bonchev–Trinajstić information content (AvgIpc) is 3.10. The molecule has 0 aliphatic carbocycles. The second-order valence-corrected chi connectivity index (χ2v) is 7.43. The minimum absolute atomic E-state index is 0.165. The van der Waals surface area contributed by atoms with Gasteiger partial charge in [0.2, 0.25) is 5.91 Å². The van der Waals surface area contributed by atoms with Crippen molar-refractivity contribution in [3.63, 3.8) is 0 Å². The van der Waals surface area contributed by atoms with Gasteiger partial charge in [-0.15, -0.1) is 11.3 Å². The van der Waals surface area contributed by atoms with Gasteiger partial charge in [0.05, 0.1) is 24.9 Å². The maximum atomic E-state index is 12.4. The maximum absolute atomic E-state index is 12.4. The van der Waals surface area contributed by atoms with E-state index in [1.165, 1.54) is 18.4 Å². The van der Waals surface area contributed by atoms with Crippen molar-refractivity contribution in [1.82, 2.24) is 14.7 Å². The van der Waals surface area contributed by atoms with Gasteiger partial charge in [-0.05, 0) is 33.4 Å². The van der Waals surface area contributed by atoms with Crippen LogP contribution in [0.3, 0.4) is 0 Å². The van der Waals surface area contributed by atoms with Crippen LogP contribution in [0.2, 0.25) is 0 Å². The first-order valence-electron chi connectivity index (χ1n) is 8.45. The molecule has 0 unspecified atom stereocenters. The van der Waals surface area contributed by atoms with Gasteiger partial charge in [0, 0.05) is 29.7 Å². The normalized spacial score (nSPS) is 11.0. The fourth-order valence-electron chi connectivity index (χ4n) is 2.75. The number of carbonyl (C=O) groups is 2. The molecule has 1 amide bonds. The third-order valence-corrected chi connectivity index (χ3v) is 5.49. The number of ether oxygens (including phenoxy) is 1. The monoisotopic (exact) mass is 378 g/mol. The fourth-order valence-corrected chi connectivity index (χ4v) is 3.75.